The molecule has 0 spiro atoms. The van der Waals surface area contributed by atoms with Crippen molar-refractivity contribution in [1.82, 2.24) is 15.5 Å². The molecule has 26 heavy (non-hydrogen) atoms. The lowest BCUT2D eigenvalue weighted by Crippen LogP contribution is -2.47. The van der Waals surface area contributed by atoms with E-state index < -0.39 is 10.8 Å². The maximum absolute atomic E-state index is 12.2. The van der Waals surface area contributed by atoms with Gasteiger partial charge in [-0.1, -0.05) is 26.7 Å². The third-order valence-electron chi connectivity index (χ3n) is 5.55. The molecular formula is C20H40N4OS. The van der Waals surface area contributed by atoms with Crippen LogP contribution in [0.1, 0.15) is 65.7 Å². The van der Waals surface area contributed by atoms with Gasteiger partial charge in [0.25, 0.3) is 0 Å². The van der Waals surface area contributed by atoms with Crippen LogP contribution < -0.4 is 10.6 Å². The molecule has 1 saturated heterocycles. The van der Waals surface area contributed by atoms with Gasteiger partial charge in [0.1, 0.15) is 0 Å². The number of hydrogen-bond acceptors (Lipinski definition) is 3. The molecule has 0 aromatic carbocycles. The predicted molar refractivity (Wildman–Crippen MR) is 113 cm³/mol. The van der Waals surface area contributed by atoms with Crippen LogP contribution >= 0.6 is 0 Å². The lowest BCUT2D eigenvalue weighted by atomic mass is 9.95. The molecule has 2 aliphatic rings. The maximum atomic E-state index is 12.2. The molecule has 152 valence electrons. The van der Waals surface area contributed by atoms with Gasteiger partial charge in [-0.15, -0.1) is 0 Å². The highest BCUT2D eigenvalue weighted by atomic mass is 32.2. The van der Waals surface area contributed by atoms with Crippen LogP contribution in [0, 0.1) is 5.92 Å². The first-order valence-electron chi connectivity index (χ1n) is 10.8. The Kier molecular flexibility index (Phi) is 9.97. The van der Waals surface area contributed by atoms with Crippen molar-refractivity contribution < 1.29 is 4.21 Å². The molecule has 1 aliphatic heterocycles. The van der Waals surface area contributed by atoms with Crippen LogP contribution in [0.25, 0.3) is 0 Å². The van der Waals surface area contributed by atoms with Gasteiger partial charge in [0.15, 0.2) is 5.96 Å². The molecule has 0 bridgehead atoms. The van der Waals surface area contributed by atoms with Crippen molar-refractivity contribution in [3.63, 3.8) is 0 Å². The fraction of sp³-hybridized carbons (Fsp3) is 0.950. The average Bonchev–Trinajstić information content (AvgIpc) is 2.66. The van der Waals surface area contributed by atoms with Crippen molar-refractivity contribution in [2.75, 3.05) is 38.5 Å². The Hall–Kier alpha value is -0.620. The topological polar surface area (TPSA) is 56.7 Å². The third kappa shape index (κ3) is 7.55. The molecule has 5 nitrogen and oxygen atoms in total. The summed E-state index contributed by atoms with van der Waals surface area (Å²) in [5.74, 6) is 2.29. The summed E-state index contributed by atoms with van der Waals surface area (Å²) in [7, 11) is -0.674. The molecule has 4 unspecified atom stereocenters. The highest BCUT2D eigenvalue weighted by Crippen LogP contribution is 2.23. The molecule has 2 rings (SSSR count). The van der Waals surface area contributed by atoms with E-state index in [2.05, 4.69) is 29.4 Å². The van der Waals surface area contributed by atoms with Crippen LogP contribution in [0.3, 0.4) is 0 Å². The van der Waals surface area contributed by atoms with Gasteiger partial charge in [-0.3, -0.25) is 9.20 Å². The SMILES string of the molecule is CCNC(=NCC(C)CN1CCCCC1)NC1CCCC(S(=O)CC)C1. The van der Waals surface area contributed by atoms with E-state index in [4.69, 9.17) is 4.99 Å². The third-order valence-corrected chi connectivity index (χ3v) is 7.29. The predicted octanol–water partition coefficient (Wildman–Crippen LogP) is 2.74. The molecule has 0 amide bonds. The maximum Gasteiger partial charge on any atom is 0.191 e. The summed E-state index contributed by atoms with van der Waals surface area (Å²) in [4.78, 5) is 7.45. The number of hydrogen-bond donors (Lipinski definition) is 2. The van der Waals surface area contributed by atoms with E-state index in [0.717, 1.165) is 50.6 Å². The van der Waals surface area contributed by atoms with Gasteiger partial charge >= 0.3 is 0 Å². The van der Waals surface area contributed by atoms with E-state index in [1.54, 1.807) is 0 Å². The van der Waals surface area contributed by atoms with E-state index in [9.17, 15) is 4.21 Å². The number of nitrogens with zero attached hydrogens (tertiary/aromatic N) is 2. The monoisotopic (exact) mass is 384 g/mol. The standard InChI is InChI=1S/C20H40N4OS/c1-4-21-20(22-15-17(3)16-24-12-7-6-8-13-24)23-18-10-9-11-19(14-18)26(25)5-2/h17-19H,4-16H2,1-3H3,(H2,21,22,23). The Bertz CT molecular complexity index is 451. The van der Waals surface area contributed by atoms with Crippen LogP contribution in [0.4, 0.5) is 0 Å². The molecule has 2 fully saturated rings. The smallest absolute Gasteiger partial charge is 0.191 e. The summed E-state index contributed by atoms with van der Waals surface area (Å²) < 4.78 is 12.2. The van der Waals surface area contributed by atoms with Gasteiger partial charge in [0, 0.05) is 47.5 Å². The minimum absolute atomic E-state index is 0.354. The second kappa shape index (κ2) is 12.0. The summed E-state index contributed by atoms with van der Waals surface area (Å²) in [6, 6.07) is 0.402. The Labute approximate surface area is 163 Å². The van der Waals surface area contributed by atoms with Crippen LogP contribution in [-0.2, 0) is 10.8 Å². The summed E-state index contributed by atoms with van der Waals surface area (Å²) in [5, 5.41) is 7.37. The first-order chi connectivity index (χ1) is 12.6. The van der Waals surface area contributed by atoms with Gasteiger partial charge in [-0.05, 0) is 58.0 Å². The van der Waals surface area contributed by atoms with Crippen LogP contribution in [0.5, 0.6) is 0 Å². The van der Waals surface area contributed by atoms with E-state index in [1.165, 1.54) is 38.8 Å². The fourth-order valence-corrected chi connectivity index (χ4v) is 5.50. The zero-order chi connectivity index (χ0) is 18.8. The van der Waals surface area contributed by atoms with Gasteiger partial charge in [-0.2, -0.15) is 0 Å². The molecular weight excluding hydrogens is 344 g/mol. The van der Waals surface area contributed by atoms with Crippen molar-refractivity contribution >= 4 is 16.8 Å². The van der Waals surface area contributed by atoms with Gasteiger partial charge in [0.05, 0.1) is 0 Å². The normalized spacial score (nSPS) is 27.7. The highest BCUT2D eigenvalue weighted by molar-refractivity contribution is 7.85. The highest BCUT2D eigenvalue weighted by Gasteiger charge is 2.26. The number of piperidine rings is 1. The van der Waals surface area contributed by atoms with Gasteiger partial charge in [-0.25, -0.2) is 0 Å². The summed E-state index contributed by atoms with van der Waals surface area (Å²) in [6.45, 7) is 11.9. The summed E-state index contributed by atoms with van der Waals surface area (Å²) in [5.41, 5.74) is 0. The first-order valence-corrected chi connectivity index (χ1v) is 12.1. The second-order valence-electron chi connectivity index (χ2n) is 7.99. The Morgan fingerprint density at radius 1 is 1.19 bits per heavy atom. The lowest BCUT2D eigenvalue weighted by Gasteiger charge is -2.30. The molecule has 1 saturated carbocycles. The number of likely N-dealkylation sites (tertiary alicyclic amines) is 1. The van der Waals surface area contributed by atoms with Gasteiger partial charge in [0.2, 0.25) is 0 Å². The van der Waals surface area contributed by atoms with Crippen molar-refractivity contribution in [3.05, 3.63) is 0 Å². The fourth-order valence-electron chi connectivity index (χ4n) is 4.15. The molecule has 0 aromatic heterocycles. The minimum Gasteiger partial charge on any atom is -0.357 e. The molecule has 1 heterocycles. The summed E-state index contributed by atoms with van der Waals surface area (Å²) in [6.07, 6.45) is 8.53. The minimum atomic E-state index is -0.674. The molecule has 4 atom stereocenters. The lowest BCUT2D eigenvalue weighted by molar-refractivity contribution is 0.203. The van der Waals surface area contributed by atoms with Crippen molar-refractivity contribution in [2.24, 2.45) is 10.9 Å². The van der Waals surface area contributed by atoms with Crippen LogP contribution in [0.2, 0.25) is 0 Å². The van der Waals surface area contributed by atoms with E-state index >= 15 is 0 Å². The number of aliphatic imine (C=N–C) groups is 1. The van der Waals surface area contributed by atoms with E-state index in [1.807, 2.05) is 6.92 Å². The Balaban J connectivity index is 1.82. The van der Waals surface area contributed by atoms with Crippen molar-refractivity contribution in [1.29, 1.82) is 0 Å². The zero-order valence-corrected chi connectivity index (χ0v) is 18.0. The van der Waals surface area contributed by atoms with Gasteiger partial charge < -0.3 is 15.5 Å². The van der Waals surface area contributed by atoms with E-state index in [-0.39, 0.29) is 0 Å². The molecule has 2 N–H and O–H groups in total. The second-order valence-corrected chi connectivity index (χ2v) is 9.99. The molecule has 0 radical (unpaired) electrons. The van der Waals surface area contributed by atoms with Crippen molar-refractivity contribution in [3.8, 4) is 0 Å². The first kappa shape index (κ1) is 21.7. The van der Waals surface area contributed by atoms with E-state index in [0.29, 0.717) is 17.2 Å². The number of nitrogens with one attached hydrogen (secondary N) is 2. The quantitative estimate of drug-likeness (QED) is 0.499. The Morgan fingerprint density at radius 2 is 1.96 bits per heavy atom. The summed E-state index contributed by atoms with van der Waals surface area (Å²) >= 11 is 0. The molecule has 1 aliphatic carbocycles. The molecule has 0 aromatic rings. The number of rotatable bonds is 8. The van der Waals surface area contributed by atoms with Crippen molar-refractivity contribution in [2.45, 2.75) is 77.0 Å². The average molecular weight is 385 g/mol. The largest absolute Gasteiger partial charge is 0.357 e. The number of guanidine groups is 1. The van der Waals surface area contributed by atoms with Crippen LogP contribution in [-0.4, -0.2) is 64.8 Å². The molecule has 6 heteroatoms. The zero-order valence-electron chi connectivity index (χ0n) is 17.1. The van der Waals surface area contributed by atoms with Crippen LogP contribution in [0.15, 0.2) is 4.99 Å². The Morgan fingerprint density at radius 3 is 2.65 bits per heavy atom.